The van der Waals surface area contributed by atoms with Gasteiger partial charge in [0.15, 0.2) is 0 Å². The number of nitrogens with two attached hydrogens (primary N) is 1. The van der Waals surface area contributed by atoms with E-state index in [1.54, 1.807) is 4.90 Å². The molecule has 0 bridgehead atoms. The Morgan fingerprint density at radius 1 is 1.50 bits per heavy atom. The molecule has 1 fully saturated rings. The molecule has 0 spiro atoms. The number of piperidine rings is 1. The van der Waals surface area contributed by atoms with Gasteiger partial charge in [0.1, 0.15) is 9.84 Å². The van der Waals surface area contributed by atoms with E-state index in [-0.39, 0.29) is 30.7 Å². The monoisotopic (exact) mass is 278 g/mol. The van der Waals surface area contributed by atoms with Crippen LogP contribution in [0.4, 0.5) is 0 Å². The number of rotatable bonds is 5. The third-order valence-electron chi connectivity index (χ3n) is 3.24. The Kier molecular flexibility index (Phi) is 5.55. The minimum atomic E-state index is -3.10. The van der Waals surface area contributed by atoms with Crippen molar-refractivity contribution in [2.24, 2.45) is 5.73 Å². The van der Waals surface area contributed by atoms with Crippen molar-refractivity contribution in [1.82, 2.24) is 4.90 Å². The van der Waals surface area contributed by atoms with Crippen LogP contribution in [-0.2, 0) is 14.6 Å². The summed E-state index contributed by atoms with van der Waals surface area (Å²) in [6.45, 7) is 0.529. The van der Waals surface area contributed by atoms with E-state index in [2.05, 4.69) is 0 Å². The van der Waals surface area contributed by atoms with Crippen LogP contribution >= 0.6 is 0 Å². The number of aliphatic hydroxyl groups excluding tert-OH is 1. The number of carbonyl (C=O) groups is 1. The van der Waals surface area contributed by atoms with Crippen LogP contribution in [0.3, 0.4) is 0 Å². The van der Waals surface area contributed by atoms with Gasteiger partial charge in [0.2, 0.25) is 5.91 Å². The lowest BCUT2D eigenvalue weighted by Gasteiger charge is -2.36. The predicted octanol–water partition coefficient (Wildman–Crippen LogP) is -0.878. The first-order chi connectivity index (χ1) is 8.35. The lowest BCUT2D eigenvalue weighted by Crippen LogP contribution is -2.52. The fraction of sp³-hybridized carbons (Fsp3) is 0.909. The molecule has 0 aromatic heterocycles. The maximum Gasteiger partial charge on any atom is 0.239 e. The van der Waals surface area contributed by atoms with Crippen LogP contribution in [0.2, 0.25) is 0 Å². The number of amides is 1. The van der Waals surface area contributed by atoms with Gasteiger partial charge in [-0.2, -0.15) is 0 Å². The maximum absolute atomic E-state index is 12.1. The van der Waals surface area contributed by atoms with Crippen LogP contribution in [0.1, 0.15) is 25.7 Å². The highest BCUT2D eigenvalue weighted by Crippen LogP contribution is 2.17. The zero-order valence-corrected chi connectivity index (χ0v) is 11.5. The molecule has 1 aliphatic rings. The molecule has 0 radical (unpaired) electrons. The molecule has 0 saturated carbocycles. The van der Waals surface area contributed by atoms with E-state index in [1.807, 2.05) is 0 Å². The Hall–Kier alpha value is -0.660. The highest BCUT2D eigenvalue weighted by atomic mass is 32.2. The summed E-state index contributed by atoms with van der Waals surface area (Å²) >= 11 is 0. The minimum absolute atomic E-state index is 0.0649. The van der Waals surface area contributed by atoms with E-state index in [0.29, 0.717) is 6.54 Å². The van der Waals surface area contributed by atoms with Gasteiger partial charge in [0, 0.05) is 12.8 Å². The third-order valence-corrected chi connectivity index (χ3v) is 4.22. The topological polar surface area (TPSA) is 101 Å². The molecule has 106 valence electrons. The molecule has 18 heavy (non-hydrogen) atoms. The molecule has 2 unspecified atom stereocenters. The molecule has 1 aliphatic heterocycles. The Balaban J connectivity index is 2.56. The van der Waals surface area contributed by atoms with Crippen LogP contribution in [0, 0.1) is 0 Å². The highest BCUT2D eigenvalue weighted by molar-refractivity contribution is 7.90. The lowest BCUT2D eigenvalue weighted by molar-refractivity contribution is -0.137. The van der Waals surface area contributed by atoms with Crippen LogP contribution in [-0.4, -0.2) is 61.6 Å². The highest BCUT2D eigenvalue weighted by Gasteiger charge is 2.29. The molecular weight excluding hydrogens is 256 g/mol. The van der Waals surface area contributed by atoms with E-state index in [4.69, 9.17) is 5.73 Å². The van der Waals surface area contributed by atoms with Crippen LogP contribution in [0.15, 0.2) is 0 Å². The quantitative estimate of drug-likeness (QED) is 0.680. The van der Waals surface area contributed by atoms with Gasteiger partial charge in [-0.05, 0) is 25.7 Å². The molecule has 1 rings (SSSR count). The summed E-state index contributed by atoms with van der Waals surface area (Å²) in [5.41, 5.74) is 5.73. The van der Waals surface area contributed by atoms with Crippen LogP contribution in [0.25, 0.3) is 0 Å². The second-order valence-electron chi connectivity index (χ2n) is 4.89. The van der Waals surface area contributed by atoms with E-state index in [0.717, 1.165) is 25.5 Å². The Labute approximate surface area is 108 Å². The summed E-state index contributed by atoms with van der Waals surface area (Å²) in [5.74, 6) is -0.338. The van der Waals surface area contributed by atoms with Gasteiger partial charge in [0.25, 0.3) is 0 Å². The van der Waals surface area contributed by atoms with Gasteiger partial charge in [-0.3, -0.25) is 4.79 Å². The van der Waals surface area contributed by atoms with Crippen molar-refractivity contribution in [2.45, 2.75) is 37.8 Å². The van der Waals surface area contributed by atoms with Crippen molar-refractivity contribution in [2.75, 3.05) is 25.2 Å². The van der Waals surface area contributed by atoms with Gasteiger partial charge in [0.05, 0.1) is 24.4 Å². The molecule has 1 amide bonds. The predicted molar refractivity (Wildman–Crippen MR) is 68.7 cm³/mol. The van der Waals surface area contributed by atoms with Gasteiger partial charge >= 0.3 is 0 Å². The summed E-state index contributed by atoms with van der Waals surface area (Å²) in [6.07, 6.45) is 3.93. The number of sulfone groups is 1. The number of aliphatic hydroxyl groups is 1. The molecule has 7 heteroatoms. The Morgan fingerprint density at radius 3 is 2.72 bits per heavy atom. The van der Waals surface area contributed by atoms with Crippen LogP contribution < -0.4 is 5.73 Å². The Bertz CT molecular complexity index is 383. The van der Waals surface area contributed by atoms with Gasteiger partial charge in [-0.1, -0.05) is 0 Å². The summed E-state index contributed by atoms with van der Waals surface area (Å²) < 4.78 is 22.1. The second kappa shape index (κ2) is 6.49. The summed E-state index contributed by atoms with van der Waals surface area (Å²) in [7, 11) is -3.10. The van der Waals surface area contributed by atoms with Crippen molar-refractivity contribution in [3.63, 3.8) is 0 Å². The van der Waals surface area contributed by atoms with Crippen LogP contribution in [0.5, 0.6) is 0 Å². The molecule has 0 aromatic carbocycles. The maximum atomic E-state index is 12.1. The molecule has 1 saturated heterocycles. The smallest absolute Gasteiger partial charge is 0.239 e. The van der Waals surface area contributed by atoms with Crippen molar-refractivity contribution in [3.05, 3.63) is 0 Å². The number of likely N-dealkylation sites (tertiary alicyclic amines) is 1. The minimum Gasteiger partial charge on any atom is -0.394 e. The van der Waals surface area contributed by atoms with Crippen molar-refractivity contribution in [3.8, 4) is 0 Å². The summed E-state index contributed by atoms with van der Waals surface area (Å²) in [6, 6.07) is -0.970. The molecule has 1 heterocycles. The first kappa shape index (κ1) is 15.4. The zero-order valence-electron chi connectivity index (χ0n) is 10.7. The molecule has 2 atom stereocenters. The average molecular weight is 278 g/mol. The molecule has 6 nitrogen and oxygen atoms in total. The standard InChI is InChI=1S/C11H22N2O4S/c1-18(16,17)7-5-10(12)11(15)13-6-3-2-4-9(13)8-14/h9-10,14H,2-8,12H2,1H3. The van der Waals surface area contributed by atoms with Crippen molar-refractivity contribution in [1.29, 1.82) is 0 Å². The van der Waals surface area contributed by atoms with Gasteiger partial charge < -0.3 is 15.7 Å². The Morgan fingerprint density at radius 2 is 2.17 bits per heavy atom. The van der Waals surface area contributed by atoms with Crippen molar-refractivity contribution >= 4 is 15.7 Å². The van der Waals surface area contributed by atoms with Gasteiger partial charge in [-0.25, -0.2) is 8.42 Å². The fourth-order valence-corrected chi connectivity index (χ4v) is 2.84. The van der Waals surface area contributed by atoms with Crippen molar-refractivity contribution < 1.29 is 18.3 Å². The summed E-state index contributed by atoms with van der Waals surface area (Å²) in [5, 5.41) is 9.22. The molecule has 3 N–H and O–H groups in total. The molecular formula is C11H22N2O4S. The first-order valence-corrected chi connectivity index (χ1v) is 8.26. The second-order valence-corrected chi connectivity index (χ2v) is 7.15. The summed E-state index contributed by atoms with van der Waals surface area (Å²) in [4.78, 5) is 13.7. The first-order valence-electron chi connectivity index (χ1n) is 6.20. The largest absolute Gasteiger partial charge is 0.394 e. The normalized spacial score (nSPS) is 22.8. The molecule has 0 aromatic rings. The molecule has 0 aliphatic carbocycles. The SMILES string of the molecule is CS(=O)(=O)CCC(N)C(=O)N1CCCCC1CO. The van der Waals surface area contributed by atoms with E-state index in [1.165, 1.54) is 0 Å². The number of nitrogens with zero attached hydrogens (tertiary/aromatic N) is 1. The number of hydrogen-bond acceptors (Lipinski definition) is 5. The third kappa shape index (κ3) is 4.55. The number of carbonyl (C=O) groups excluding carboxylic acids is 1. The lowest BCUT2D eigenvalue weighted by atomic mass is 10.0. The van der Waals surface area contributed by atoms with E-state index in [9.17, 15) is 18.3 Å². The average Bonchev–Trinajstić information content (AvgIpc) is 2.34. The fourth-order valence-electron chi connectivity index (χ4n) is 2.16. The zero-order chi connectivity index (χ0) is 13.8. The van der Waals surface area contributed by atoms with E-state index >= 15 is 0 Å². The van der Waals surface area contributed by atoms with E-state index < -0.39 is 15.9 Å². The number of hydrogen-bond donors (Lipinski definition) is 2. The van der Waals surface area contributed by atoms with Gasteiger partial charge in [-0.15, -0.1) is 0 Å².